The lowest BCUT2D eigenvalue weighted by molar-refractivity contribution is 0.104. The van der Waals surface area contributed by atoms with E-state index in [-0.39, 0.29) is 5.78 Å². The molecule has 0 saturated heterocycles. The van der Waals surface area contributed by atoms with Crippen LogP contribution in [-0.2, 0) is 7.05 Å². The van der Waals surface area contributed by atoms with Gasteiger partial charge in [0, 0.05) is 18.0 Å². The summed E-state index contributed by atoms with van der Waals surface area (Å²) in [6.45, 7) is 0. The predicted molar refractivity (Wildman–Crippen MR) is 92.5 cm³/mol. The molecule has 0 radical (unpaired) electrons. The van der Waals surface area contributed by atoms with Gasteiger partial charge in [-0.3, -0.25) is 4.79 Å². The van der Waals surface area contributed by atoms with Crippen LogP contribution in [0, 0.1) is 11.3 Å². The first-order chi connectivity index (χ1) is 11.1. The van der Waals surface area contributed by atoms with Gasteiger partial charge in [0.2, 0.25) is 0 Å². The Labute approximate surface area is 139 Å². The fourth-order valence-corrected chi connectivity index (χ4v) is 2.81. The van der Waals surface area contributed by atoms with Crippen molar-refractivity contribution in [2.75, 3.05) is 0 Å². The molecule has 112 valence electrons. The number of nitriles is 1. The number of hydrogen-bond donors (Lipinski definition) is 0. The van der Waals surface area contributed by atoms with Gasteiger partial charge in [0.1, 0.15) is 5.15 Å². The maximum Gasteiger partial charge on any atom is 0.189 e. The number of ketones is 1. The molecule has 0 bridgehead atoms. The first-order valence-electron chi connectivity index (χ1n) is 7.07. The summed E-state index contributed by atoms with van der Waals surface area (Å²) >= 11 is 6.33. The second-order valence-corrected chi connectivity index (χ2v) is 5.53. The number of nitrogens with zero attached hydrogens (tertiary/aromatic N) is 2. The summed E-state index contributed by atoms with van der Waals surface area (Å²) in [5.74, 6) is -0.142. The molecule has 0 amide bonds. The second kappa shape index (κ2) is 6.12. The summed E-state index contributed by atoms with van der Waals surface area (Å²) in [7, 11) is 1.84. The van der Waals surface area contributed by atoms with E-state index < -0.39 is 0 Å². The van der Waals surface area contributed by atoms with E-state index in [0.717, 1.165) is 16.5 Å². The third-order valence-corrected chi connectivity index (χ3v) is 4.19. The van der Waals surface area contributed by atoms with Crippen LogP contribution in [0.5, 0.6) is 0 Å². The van der Waals surface area contributed by atoms with E-state index >= 15 is 0 Å². The van der Waals surface area contributed by atoms with Gasteiger partial charge in [0.25, 0.3) is 0 Å². The Morgan fingerprint density at radius 1 is 1.17 bits per heavy atom. The zero-order chi connectivity index (χ0) is 16.4. The minimum Gasteiger partial charge on any atom is -0.334 e. The van der Waals surface area contributed by atoms with Crippen molar-refractivity contribution in [1.29, 1.82) is 5.26 Å². The molecule has 23 heavy (non-hydrogen) atoms. The van der Waals surface area contributed by atoms with Crippen LogP contribution >= 0.6 is 11.6 Å². The standard InChI is InChI=1S/C19H13ClN2O/c1-22-16-5-3-2-4-15(16)18(19(22)20)17(23)11-10-13-6-8-14(12-21)9-7-13/h2-11H,1H3/b11-10+. The number of carbonyl (C=O) groups is 1. The maximum absolute atomic E-state index is 12.6. The highest BCUT2D eigenvalue weighted by atomic mass is 35.5. The Bertz CT molecular complexity index is 959. The first-order valence-corrected chi connectivity index (χ1v) is 7.45. The van der Waals surface area contributed by atoms with Gasteiger partial charge in [-0.15, -0.1) is 0 Å². The van der Waals surface area contributed by atoms with Gasteiger partial charge in [-0.2, -0.15) is 5.26 Å². The number of fused-ring (bicyclic) bond motifs is 1. The van der Waals surface area contributed by atoms with Crippen LogP contribution < -0.4 is 0 Å². The van der Waals surface area contributed by atoms with Gasteiger partial charge in [-0.1, -0.05) is 48.0 Å². The molecular weight excluding hydrogens is 308 g/mol. The number of allylic oxidation sites excluding steroid dienone is 1. The molecule has 0 saturated carbocycles. The fourth-order valence-electron chi connectivity index (χ4n) is 2.52. The maximum atomic E-state index is 12.6. The Kier molecular flexibility index (Phi) is 4.01. The fraction of sp³-hybridized carbons (Fsp3) is 0.0526. The molecule has 0 spiro atoms. The minimum atomic E-state index is -0.142. The number of rotatable bonds is 3. The van der Waals surface area contributed by atoms with Crippen LogP contribution in [0.1, 0.15) is 21.5 Å². The Morgan fingerprint density at radius 2 is 1.87 bits per heavy atom. The number of hydrogen-bond acceptors (Lipinski definition) is 2. The average Bonchev–Trinajstić information content (AvgIpc) is 2.85. The molecule has 0 aliphatic rings. The summed E-state index contributed by atoms with van der Waals surface area (Å²) in [6, 6.07) is 16.7. The van der Waals surface area contributed by atoms with Crippen molar-refractivity contribution in [3.8, 4) is 6.07 Å². The van der Waals surface area contributed by atoms with Gasteiger partial charge >= 0.3 is 0 Å². The lowest BCUT2D eigenvalue weighted by atomic mass is 10.1. The monoisotopic (exact) mass is 320 g/mol. The second-order valence-electron chi connectivity index (χ2n) is 5.17. The molecule has 3 aromatic rings. The molecule has 0 aliphatic carbocycles. The van der Waals surface area contributed by atoms with E-state index in [1.807, 2.05) is 31.3 Å². The van der Waals surface area contributed by atoms with Crippen molar-refractivity contribution in [3.63, 3.8) is 0 Å². The van der Waals surface area contributed by atoms with E-state index in [4.69, 9.17) is 16.9 Å². The molecule has 0 fully saturated rings. The summed E-state index contributed by atoms with van der Waals surface area (Å²) in [5.41, 5.74) is 2.88. The molecule has 1 aromatic heterocycles. The van der Waals surface area contributed by atoms with Crippen LogP contribution in [0.25, 0.3) is 17.0 Å². The van der Waals surface area contributed by atoms with Crippen LogP contribution in [0.15, 0.2) is 54.6 Å². The van der Waals surface area contributed by atoms with Gasteiger partial charge in [-0.25, -0.2) is 0 Å². The predicted octanol–water partition coefficient (Wildman–Crippen LogP) is 4.60. The van der Waals surface area contributed by atoms with Crippen LogP contribution in [0.3, 0.4) is 0 Å². The highest BCUT2D eigenvalue weighted by molar-refractivity contribution is 6.36. The zero-order valence-electron chi connectivity index (χ0n) is 12.5. The number of halogens is 1. The van der Waals surface area contributed by atoms with Gasteiger partial charge in [0.15, 0.2) is 5.78 Å². The van der Waals surface area contributed by atoms with Gasteiger partial charge in [-0.05, 0) is 29.8 Å². The molecule has 1 heterocycles. The van der Waals surface area contributed by atoms with Crippen molar-refractivity contribution in [2.24, 2.45) is 7.05 Å². The SMILES string of the molecule is Cn1c(Cl)c(C(=O)/C=C/c2ccc(C#N)cc2)c2ccccc21. The van der Waals surface area contributed by atoms with E-state index in [9.17, 15) is 4.79 Å². The van der Waals surface area contributed by atoms with Crippen molar-refractivity contribution >= 4 is 34.4 Å². The smallest absolute Gasteiger partial charge is 0.189 e. The van der Waals surface area contributed by atoms with Gasteiger partial charge in [0.05, 0.1) is 17.2 Å². The van der Waals surface area contributed by atoms with Crippen molar-refractivity contribution in [3.05, 3.63) is 76.5 Å². The van der Waals surface area contributed by atoms with E-state index in [2.05, 4.69) is 6.07 Å². The lowest BCUT2D eigenvalue weighted by Gasteiger charge is -1.97. The third kappa shape index (κ3) is 2.77. The number of benzene rings is 2. The number of aryl methyl sites for hydroxylation is 1. The molecule has 2 aromatic carbocycles. The molecule has 0 aliphatic heterocycles. The molecule has 0 unspecified atom stereocenters. The summed E-state index contributed by atoms with van der Waals surface area (Å²) < 4.78 is 1.81. The van der Waals surface area contributed by atoms with Crippen LogP contribution in [-0.4, -0.2) is 10.4 Å². The van der Waals surface area contributed by atoms with E-state index in [1.54, 1.807) is 34.9 Å². The molecule has 4 heteroatoms. The average molecular weight is 321 g/mol. The molecule has 3 rings (SSSR count). The minimum absolute atomic E-state index is 0.142. The van der Waals surface area contributed by atoms with Gasteiger partial charge < -0.3 is 4.57 Å². The molecular formula is C19H13ClN2O. The van der Waals surface area contributed by atoms with Crippen molar-refractivity contribution < 1.29 is 4.79 Å². The Hall–Kier alpha value is -2.83. The first kappa shape index (κ1) is 15.1. The largest absolute Gasteiger partial charge is 0.334 e. The zero-order valence-corrected chi connectivity index (χ0v) is 13.2. The summed E-state index contributed by atoms with van der Waals surface area (Å²) in [4.78, 5) is 12.6. The highest BCUT2D eigenvalue weighted by Crippen LogP contribution is 2.29. The van der Waals surface area contributed by atoms with Crippen LogP contribution in [0.4, 0.5) is 0 Å². The third-order valence-electron chi connectivity index (χ3n) is 3.75. The number of aromatic nitrogens is 1. The quantitative estimate of drug-likeness (QED) is 0.523. The lowest BCUT2D eigenvalue weighted by Crippen LogP contribution is -1.95. The summed E-state index contributed by atoms with van der Waals surface area (Å²) in [5, 5.41) is 10.1. The normalized spacial score (nSPS) is 11.0. The summed E-state index contributed by atoms with van der Waals surface area (Å²) in [6.07, 6.45) is 3.23. The highest BCUT2D eigenvalue weighted by Gasteiger charge is 2.17. The number of para-hydroxylation sites is 1. The van der Waals surface area contributed by atoms with Crippen molar-refractivity contribution in [1.82, 2.24) is 4.57 Å². The topological polar surface area (TPSA) is 45.8 Å². The molecule has 3 nitrogen and oxygen atoms in total. The molecule has 0 N–H and O–H groups in total. The van der Waals surface area contributed by atoms with E-state index in [1.165, 1.54) is 6.08 Å². The van der Waals surface area contributed by atoms with Crippen molar-refractivity contribution in [2.45, 2.75) is 0 Å². The number of carbonyl (C=O) groups excluding carboxylic acids is 1. The Morgan fingerprint density at radius 3 is 2.57 bits per heavy atom. The Balaban J connectivity index is 1.96. The molecule has 0 atom stereocenters. The van der Waals surface area contributed by atoms with Crippen LogP contribution in [0.2, 0.25) is 5.15 Å². The van der Waals surface area contributed by atoms with E-state index in [0.29, 0.717) is 16.3 Å².